The lowest BCUT2D eigenvalue weighted by Gasteiger charge is -2.23. The monoisotopic (exact) mass is 622 g/mol. The van der Waals surface area contributed by atoms with Crippen LogP contribution in [0.2, 0.25) is 0 Å². The van der Waals surface area contributed by atoms with Gasteiger partial charge in [-0.25, -0.2) is 0 Å². The van der Waals surface area contributed by atoms with Crippen molar-refractivity contribution in [3.05, 3.63) is 181 Å². The number of fused-ring (bicyclic) bond motifs is 8. The molecule has 0 atom stereocenters. The fourth-order valence-electron chi connectivity index (χ4n) is 8.83. The van der Waals surface area contributed by atoms with Crippen molar-refractivity contribution in [1.29, 1.82) is 0 Å². The molecule has 0 fully saturated rings. The second kappa shape index (κ2) is 10.5. The van der Waals surface area contributed by atoms with E-state index in [2.05, 4.69) is 184 Å². The number of benzene rings is 9. The minimum atomic E-state index is -0.0931. The highest BCUT2D eigenvalue weighted by molar-refractivity contribution is 6.22. The Morgan fingerprint density at radius 1 is 0.327 bits per heavy atom. The van der Waals surface area contributed by atoms with Crippen molar-refractivity contribution >= 4 is 43.1 Å². The van der Waals surface area contributed by atoms with E-state index >= 15 is 0 Å². The molecule has 9 aromatic rings. The first-order chi connectivity index (χ1) is 24.1. The van der Waals surface area contributed by atoms with Crippen LogP contribution in [0.3, 0.4) is 0 Å². The molecule has 0 heteroatoms. The molecule has 0 saturated carbocycles. The van der Waals surface area contributed by atoms with Crippen LogP contribution in [0.25, 0.3) is 87.6 Å². The van der Waals surface area contributed by atoms with Crippen LogP contribution in [0.15, 0.2) is 170 Å². The normalized spacial score (nSPS) is 13.3. The van der Waals surface area contributed by atoms with Crippen molar-refractivity contribution in [3.8, 4) is 44.5 Å². The van der Waals surface area contributed by atoms with Crippen LogP contribution < -0.4 is 0 Å². The minimum Gasteiger partial charge on any atom is -0.0616 e. The standard InChI is InChI=1S/C49H34/c1-49(2)44-24-12-23-37(47(44)43-28-27-32-14-5-6-18-38(32)48(43)49)34-16-11-17-35(30-34)45-39-19-7-9-21-41(39)46(42-22-10-8-20-40(42)45)36-26-25-31-13-3-4-15-33(31)29-36/h3-30H,1-2H3. The van der Waals surface area contributed by atoms with Crippen LogP contribution in [0, 0.1) is 0 Å². The average Bonchev–Trinajstić information content (AvgIpc) is 3.40. The Labute approximate surface area is 286 Å². The molecule has 0 bridgehead atoms. The van der Waals surface area contributed by atoms with Gasteiger partial charge in [-0.15, -0.1) is 0 Å². The SMILES string of the molecule is CC1(C)c2cccc(-c3cccc(-c4c5ccccc5c(-c5ccc6ccccc6c5)c5ccccc45)c3)c2-c2ccc3ccccc3c21. The van der Waals surface area contributed by atoms with Gasteiger partial charge in [-0.05, 0) is 111 Å². The molecule has 49 heavy (non-hydrogen) atoms. The van der Waals surface area contributed by atoms with Gasteiger partial charge in [0, 0.05) is 5.41 Å². The van der Waals surface area contributed by atoms with Crippen LogP contribution in [0.4, 0.5) is 0 Å². The van der Waals surface area contributed by atoms with E-state index in [-0.39, 0.29) is 5.41 Å². The predicted octanol–water partition coefficient (Wildman–Crippen LogP) is 13.6. The van der Waals surface area contributed by atoms with Crippen LogP contribution in [0.1, 0.15) is 25.0 Å². The van der Waals surface area contributed by atoms with E-state index in [9.17, 15) is 0 Å². The van der Waals surface area contributed by atoms with Gasteiger partial charge in [0.1, 0.15) is 0 Å². The zero-order chi connectivity index (χ0) is 32.7. The topological polar surface area (TPSA) is 0 Å². The maximum absolute atomic E-state index is 2.42. The van der Waals surface area contributed by atoms with Crippen molar-refractivity contribution in [1.82, 2.24) is 0 Å². The van der Waals surface area contributed by atoms with Crippen LogP contribution >= 0.6 is 0 Å². The maximum Gasteiger partial charge on any atom is 0.0165 e. The fourth-order valence-corrected chi connectivity index (χ4v) is 8.83. The summed E-state index contributed by atoms with van der Waals surface area (Å²) in [5.74, 6) is 0. The van der Waals surface area contributed by atoms with Crippen molar-refractivity contribution in [3.63, 3.8) is 0 Å². The summed E-state index contributed by atoms with van der Waals surface area (Å²) in [7, 11) is 0. The Morgan fingerprint density at radius 2 is 0.857 bits per heavy atom. The smallest absolute Gasteiger partial charge is 0.0165 e. The molecule has 1 aliphatic rings. The second-order valence-corrected chi connectivity index (χ2v) is 14.0. The molecule has 0 saturated heterocycles. The van der Waals surface area contributed by atoms with Gasteiger partial charge >= 0.3 is 0 Å². The summed E-state index contributed by atoms with van der Waals surface area (Å²) in [6.45, 7) is 4.78. The van der Waals surface area contributed by atoms with Gasteiger partial charge in [0.05, 0.1) is 0 Å². The number of hydrogen-bond donors (Lipinski definition) is 0. The quantitative estimate of drug-likeness (QED) is 0.172. The molecule has 0 nitrogen and oxygen atoms in total. The summed E-state index contributed by atoms with van der Waals surface area (Å²) in [6, 6.07) is 63.1. The molecular formula is C49H34. The second-order valence-electron chi connectivity index (χ2n) is 14.0. The van der Waals surface area contributed by atoms with Gasteiger partial charge in [0.2, 0.25) is 0 Å². The van der Waals surface area contributed by atoms with Gasteiger partial charge in [0.15, 0.2) is 0 Å². The molecule has 0 radical (unpaired) electrons. The van der Waals surface area contributed by atoms with Crippen LogP contribution in [-0.4, -0.2) is 0 Å². The first-order valence-corrected chi connectivity index (χ1v) is 17.3. The molecule has 0 aromatic heterocycles. The summed E-state index contributed by atoms with van der Waals surface area (Å²) in [6.07, 6.45) is 0. The van der Waals surface area contributed by atoms with Crippen LogP contribution in [-0.2, 0) is 5.41 Å². The molecule has 10 rings (SSSR count). The average molecular weight is 623 g/mol. The van der Waals surface area contributed by atoms with Gasteiger partial charge in [-0.2, -0.15) is 0 Å². The zero-order valence-electron chi connectivity index (χ0n) is 27.7. The zero-order valence-corrected chi connectivity index (χ0v) is 27.7. The predicted molar refractivity (Wildman–Crippen MR) is 210 cm³/mol. The molecule has 0 amide bonds. The molecule has 0 spiro atoms. The molecule has 0 N–H and O–H groups in total. The van der Waals surface area contributed by atoms with Crippen molar-refractivity contribution < 1.29 is 0 Å². The van der Waals surface area contributed by atoms with Gasteiger partial charge in [-0.1, -0.05) is 172 Å². The summed E-state index contributed by atoms with van der Waals surface area (Å²) in [4.78, 5) is 0. The number of hydrogen-bond acceptors (Lipinski definition) is 0. The van der Waals surface area contributed by atoms with E-state index in [1.807, 2.05) is 0 Å². The molecule has 230 valence electrons. The van der Waals surface area contributed by atoms with Gasteiger partial charge < -0.3 is 0 Å². The van der Waals surface area contributed by atoms with Crippen molar-refractivity contribution in [2.24, 2.45) is 0 Å². The molecular weight excluding hydrogens is 589 g/mol. The van der Waals surface area contributed by atoms with Crippen molar-refractivity contribution in [2.75, 3.05) is 0 Å². The summed E-state index contributed by atoms with van der Waals surface area (Å²) in [5.41, 5.74) is 13.1. The van der Waals surface area contributed by atoms with Gasteiger partial charge in [-0.3, -0.25) is 0 Å². The maximum atomic E-state index is 2.42. The molecule has 1 aliphatic carbocycles. The Kier molecular flexibility index (Phi) is 6.02. The highest BCUT2D eigenvalue weighted by Gasteiger charge is 2.38. The minimum absolute atomic E-state index is 0.0931. The Morgan fingerprint density at radius 3 is 1.55 bits per heavy atom. The Balaban J connectivity index is 1.21. The third-order valence-electron chi connectivity index (χ3n) is 11.0. The third kappa shape index (κ3) is 4.11. The Bertz CT molecular complexity index is 2740. The first kappa shape index (κ1) is 28.1. The van der Waals surface area contributed by atoms with Crippen LogP contribution in [0.5, 0.6) is 0 Å². The summed E-state index contributed by atoms with van der Waals surface area (Å²) in [5, 5.41) is 10.3. The van der Waals surface area contributed by atoms with E-state index in [1.54, 1.807) is 0 Å². The largest absolute Gasteiger partial charge is 0.0616 e. The highest BCUT2D eigenvalue weighted by atomic mass is 14.4. The van der Waals surface area contributed by atoms with E-state index in [0.717, 1.165) is 0 Å². The molecule has 0 heterocycles. The van der Waals surface area contributed by atoms with E-state index in [4.69, 9.17) is 0 Å². The first-order valence-electron chi connectivity index (χ1n) is 17.3. The Hall–Kier alpha value is -5.98. The fraction of sp³-hybridized carbons (Fsp3) is 0.0612. The van der Waals surface area contributed by atoms with Gasteiger partial charge in [0.25, 0.3) is 0 Å². The summed E-state index contributed by atoms with van der Waals surface area (Å²) >= 11 is 0. The molecule has 0 unspecified atom stereocenters. The van der Waals surface area contributed by atoms with Crippen molar-refractivity contribution in [2.45, 2.75) is 19.3 Å². The number of rotatable bonds is 3. The molecule has 9 aromatic carbocycles. The lowest BCUT2D eigenvalue weighted by molar-refractivity contribution is 0.666. The summed E-state index contributed by atoms with van der Waals surface area (Å²) < 4.78 is 0. The highest BCUT2D eigenvalue weighted by Crippen LogP contribution is 2.54. The van der Waals surface area contributed by atoms with E-state index in [0.29, 0.717) is 0 Å². The lowest BCUT2D eigenvalue weighted by atomic mass is 9.80. The third-order valence-corrected chi connectivity index (χ3v) is 11.0. The molecule has 0 aliphatic heterocycles. The lowest BCUT2D eigenvalue weighted by Crippen LogP contribution is -2.15. The van der Waals surface area contributed by atoms with E-state index in [1.165, 1.54) is 98.7 Å². The van der Waals surface area contributed by atoms with E-state index < -0.39 is 0 Å².